The first kappa shape index (κ1) is 17.6. The molecule has 0 N–H and O–H groups in total. The lowest BCUT2D eigenvalue weighted by molar-refractivity contribution is -0.123. The van der Waals surface area contributed by atoms with Crippen LogP contribution in [-0.2, 0) is 11.3 Å². The molecule has 3 heteroatoms. The average molecular weight is 329 g/mol. The second kappa shape index (κ2) is 9.33. The van der Waals surface area contributed by atoms with Crippen LogP contribution in [0.5, 0.6) is 0 Å². The van der Waals surface area contributed by atoms with Crippen molar-refractivity contribution >= 4 is 5.78 Å². The Hall–Kier alpha value is -1.19. The summed E-state index contributed by atoms with van der Waals surface area (Å²) in [6.45, 7) is 6.73. The molecular weight excluding hydrogens is 296 g/mol. The van der Waals surface area contributed by atoms with Gasteiger partial charge in [-0.3, -0.25) is 9.69 Å². The molecule has 0 aromatic heterocycles. The second-order valence-electron chi connectivity index (χ2n) is 7.51. The highest BCUT2D eigenvalue weighted by Gasteiger charge is 2.21. The maximum Gasteiger partial charge on any atom is 0.136 e. The summed E-state index contributed by atoms with van der Waals surface area (Å²) in [5.74, 6) is 0.930. The van der Waals surface area contributed by atoms with E-state index in [1.807, 2.05) is 0 Å². The maximum atomic E-state index is 12.3. The van der Waals surface area contributed by atoms with Gasteiger partial charge >= 0.3 is 0 Å². The van der Waals surface area contributed by atoms with Crippen LogP contribution in [0.4, 0.5) is 0 Å². The van der Waals surface area contributed by atoms with Crippen molar-refractivity contribution in [2.24, 2.45) is 5.92 Å². The SMILES string of the molecule is O=C(CCCN1CCN(Cc2ccccc2)CC1)C1CCCCC1. The maximum absolute atomic E-state index is 12.3. The Balaban J connectivity index is 1.30. The van der Waals surface area contributed by atoms with Gasteiger partial charge in [0, 0.05) is 45.1 Å². The van der Waals surface area contributed by atoms with Crippen molar-refractivity contribution in [1.82, 2.24) is 9.80 Å². The van der Waals surface area contributed by atoms with Gasteiger partial charge in [0.15, 0.2) is 0 Å². The lowest BCUT2D eigenvalue weighted by Crippen LogP contribution is -2.46. The van der Waals surface area contributed by atoms with E-state index in [0.29, 0.717) is 11.7 Å². The molecule has 1 aromatic rings. The molecule has 1 aromatic carbocycles. The van der Waals surface area contributed by atoms with Gasteiger partial charge in [0.25, 0.3) is 0 Å². The zero-order chi connectivity index (χ0) is 16.6. The van der Waals surface area contributed by atoms with Gasteiger partial charge in [-0.25, -0.2) is 0 Å². The van der Waals surface area contributed by atoms with Gasteiger partial charge in [-0.1, -0.05) is 49.6 Å². The van der Waals surface area contributed by atoms with E-state index in [4.69, 9.17) is 0 Å². The predicted molar refractivity (Wildman–Crippen MR) is 99.0 cm³/mol. The minimum atomic E-state index is 0.390. The molecule has 0 spiro atoms. The van der Waals surface area contributed by atoms with Gasteiger partial charge in [0.2, 0.25) is 0 Å². The summed E-state index contributed by atoms with van der Waals surface area (Å²) in [6, 6.07) is 10.7. The molecule has 1 saturated heterocycles. The van der Waals surface area contributed by atoms with E-state index < -0.39 is 0 Å². The van der Waals surface area contributed by atoms with E-state index in [-0.39, 0.29) is 0 Å². The fraction of sp³-hybridized carbons (Fsp3) is 0.667. The topological polar surface area (TPSA) is 23.6 Å². The lowest BCUT2D eigenvalue weighted by Gasteiger charge is -2.34. The van der Waals surface area contributed by atoms with Crippen LogP contribution in [0.2, 0.25) is 0 Å². The van der Waals surface area contributed by atoms with Crippen LogP contribution in [0.1, 0.15) is 50.5 Å². The van der Waals surface area contributed by atoms with Crippen LogP contribution < -0.4 is 0 Å². The quantitative estimate of drug-likeness (QED) is 0.762. The molecule has 0 radical (unpaired) electrons. The van der Waals surface area contributed by atoms with Crippen LogP contribution in [0.3, 0.4) is 0 Å². The largest absolute Gasteiger partial charge is 0.301 e. The Morgan fingerprint density at radius 1 is 0.917 bits per heavy atom. The Morgan fingerprint density at radius 3 is 2.29 bits per heavy atom. The van der Waals surface area contributed by atoms with Crippen LogP contribution in [-0.4, -0.2) is 48.3 Å². The highest BCUT2D eigenvalue weighted by atomic mass is 16.1. The second-order valence-corrected chi connectivity index (χ2v) is 7.51. The molecule has 0 amide bonds. The number of ketones is 1. The summed E-state index contributed by atoms with van der Waals surface area (Å²) in [7, 11) is 0. The zero-order valence-electron chi connectivity index (χ0n) is 15.0. The minimum Gasteiger partial charge on any atom is -0.301 e. The first-order valence-corrected chi connectivity index (χ1v) is 9.82. The van der Waals surface area contributed by atoms with Crippen LogP contribution >= 0.6 is 0 Å². The first-order chi connectivity index (χ1) is 11.8. The number of hydrogen-bond donors (Lipinski definition) is 0. The molecule has 24 heavy (non-hydrogen) atoms. The highest BCUT2D eigenvalue weighted by Crippen LogP contribution is 2.25. The Kier molecular flexibility index (Phi) is 6.86. The third-order valence-corrected chi connectivity index (χ3v) is 5.67. The molecule has 0 bridgehead atoms. The van der Waals surface area contributed by atoms with Crippen LogP contribution in [0.15, 0.2) is 30.3 Å². The van der Waals surface area contributed by atoms with Crippen molar-refractivity contribution in [2.45, 2.75) is 51.5 Å². The molecule has 1 saturated carbocycles. The van der Waals surface area contributed by atoms with Gasteiger partial charge in [-0.05, 0) is 31.4 Å². The number of Topliss-reactive ketones (excluding diaryl/α,β-unsaturated/α-hetero) is 1. The molecule has 3 nitrogen and oxygen atoms in total. The van der Waals surface area contributed by atoms with Crippen molar-refractivity contribution in [1.29, 1.82) is 0 Å². The number of rotatable bonds is 7. The third kappa shape index (κ3) is 5.42. The molecular formula is C21H32N2O. The summed E-state index contributed by atoms with van der Waals surface area (Å²) in [5.41, 5.74) is 1.41. The monoisotopic (exact) mass is 328 g/mol. The lowest BCUT2D eigenvalue weighted by atomic mass is 9.85. The molecule has 0 atom stereocenters. The van der Waals surface area contributed by atoms with Crippen molar-refractivity contribution in [3.63, 3.8) is 0 Å². The Morgan fingerprint density at radius 2 is 1.58 bits per heavy atom. The fourth-order valence-corrected chi connectivity index (χ4v) is 4.12. The van der Waals surface area contributed by atoms with Crippen molar-refractivity contribution in [2.75, 3.05) is 32.7 Å². The summed E-state index contributed by atoms with van der Waals surface area (Å²) in [4.78, 5) is 17.3. The van der Waals surface area contributed by atoms with E-state index in [9.17, 15) is 4.79 Å². The highest BCUT2D eigenvalue weighted by molar-refractivity contribution is 5.81. The van der Waals surface area contributed by atoms with Gasteiger partial charge in [-0.15, -0.1) is 0 Å². The smallest absolute Gasteiger partial charge is 0.136 e. The molecule has 1 aliphatic carbocycles. The van der Waals surface area contributed by atoms with Crippen LogP contribution in [0.25, 0.3) is 0 Å². The fourth-order valence-electron chi connectivity index (χ4n) is 4.12. The van der Waals surface area contributed by atoms with E-state index in [1.165, 1.54) is 24.8 Å². The molecule has 1 aliphatic heterocycles. The Bertz CT molecular complexity index is 488. The number of piperazine rings is 1. The third-order valence-electron chi connectivity index (χ3n) is 5.67. The number of hydrogen-bond acceptors (Lipinski definition) is 3. The molecule has 3 rings (SSSR count). The normalized spacial score (nSPS) is 21.0. The standard InChI is InChI=1S/C21H32N2O/c24-21(20-10-5-2-6-11-20)12-7-13-22-14-16-23(17-15-22)18-19-8-3-1-4-9-19/h1,3-4,8-9,20H,2,5-7,10-18H2. The van der Waals surface area contributed by atoms with Crippen molar-refractivity contribution < 1.29 is 4.79 Å². The summed E-state index contributed by atoms with van der Waals surface area (Å²) in [6.07, 6.45) is 8.01. The molecule has 2 fully saturated rings. The minimum absolute atomic E-state index is 0.390. The number of nitrogens with zero attached hydrogens (tertiary/aromatic N) is 2. The summed E-state index contributed by atoms with van der Waals surface area (Å²) in [5, 5.41) is 0. The van der Waals surface area contributed by atoms with E-state index >= 15 is 0 Å². The van der Waals surface area contributed by atoms with Crippen LogP contribution in [0, 0.1) is 5.92 Å². The van der Waals surface area contributed by atoms with E-state index in [2.05, 4.69) is 40.1 Å². The first-order valence-electron chi connectivity index (χ1n) is 9.82. The molecule has 132 valence electrons. The summed E-state index contributed by atoms with van der Waals surface area (Å²) >= 11 is 0. The predicted octanol–water partition coefficient (Wildman–Crippen LogP) is 3.73. The van der Waals surface area contributed by atoms with Gasteiger partial charge in [0.05, 0.1) is 0 Å². The van der Waals surface area contributed by atoms with Crippen molar-refractivity contribution in [3.8, 4) is 0 Å². The average Bonchev–Trinajstić information content (AvgIpc) is 2.65. The van der Waals surface area contributed by atoms with E-state index in [0.717, 1.165) is 65.0 Å². The van der Waals surface area contributed by atoms with Gasteiger partial charge in [0.1, 0.15) is 5.78 Å². The van der Waals surface area contributed by atoms with E-state index in [1.54, 1.807) is 0 Å². The number of carbonyl (C=O) groups excluding carboxylic acids is 1. The zero-order valence-corrected chi connectivity index (χ0v) is 15.0. The molecule has 1 heterocycles. The summed E-state index contributed by atoms with van der Waals surface area (Å²) < 4.78 is 0. The number of carbonyl (C=O) groups is 1. The molecule has 0 unspecified atom stereocenters. The van der Waals surface area contributed by atoms with Gasteiger partial charge in [-0.2, -0.15) is 0 Å². The van der Waals surface area contributed by atoms with Gasteiger partial charge < -0.3 is 4.90 Å². The van der Waals surface area contributed by atoms with Crippen molar-refractivity contribution in [3.05, 3.63) is 35.9 Å². The molecule has 2 aliphatic rings. The number of benzene rings is 1. The Labute approximate surface area is 147 Å².